The van der Waals surface area contributed by atoms with Crippen molar-refractivity contribution in [2.75, 3.05) is 6.61 Å². The summed E-state index contributed by atoms with van der Waals surface area (Å²) in [5.74, 6) is -0.369. The molecule has 1 saturated heterocycles. The second-order valence-electron chi connectivity index (χ2n) is 14.7. The second kappa shape index (κ2) is 12.4. The molecule has 43 heavy (non-hydrogen) atoms. The summed E-state index contributed by atoms with van der Waals surface area (Å²) in [5.41, 5.74) is 2.05. The lowest BCUT2D eigenvalue weighted by atomic mass is 9.80. The SMILES string of the molecule is CC(C)(C)[Si](C)(C)O[C@H]1[C@H](COC(c2ccccc2)(c2ccccc2)c2ccccc2)OC(=O)[C@@H]1O[Si](C)(C)C(C)(C)C. The maximum atomic E-state index is 13.6. The minimum atomic E-state index is -2.33. The highest BCUT2D eigenvalue weighted by Crippen LogP contribution is 2.44. The highest BCUT2D eigenvalue weighted by molar-refractivity contribution is 6.74. The van der Waals surface area contributed by atoms with E-state index in [1.54, 1.807) is 0 Å². The van der Waals surface area contributed by atoms with E-state index in [0.717, 1.165) is 16.7 Å². The number of ether oxygens (including phenoxy) is 2. The van der Waals surface area contributed by atoms with Crippen LogP contribution in [0.4, 0.5) is 0 Å². The fraction of sp³-hybridized carbons (Fsp3) is 0.472. The zero-order valence-corrected chi connectivity index (χ0v) is 29.6. The van der Waals surface area contributed by atoms with Crippen LogP contribution in [0.5, 0.6) is 0 Å². The van der Waals surface area contributed by atoms with E-state index in [1.165, 1.54) is 0 Å². The second-order valence-corrected chi connectivity index (χ2v) is 24.2. The Kier molecular flexibility index (Phi) is 9.65. The molecule has 0 unspecified atom stereocenters. The Morgan fingerprint density at radius 1 is 0.628 bits per heavy atom. The summed E-state index contributed by atoms with van der Waals surface area (Å²) in [6, 6.07) is 30.7. The van der Waals surface area contributed by atoms with Crippen LogP contribution in [0.3, 0.4) is 0 Å². The molecule has 0 saturated carbocycles. The molecule has 1 aliphatic rings. The molecule has 3 aromatic rings. The number of rotatable bonds is 10. The van der Waals surface area contributed by atoms with E-state index in [1.807, 2.05) is 54.6 Å². The summed E-state index contributed by atoms with van der Waals surface area (Å²) in [6.07, 6.45) is -2.02. The minimum absolute atomic E-state index is 0.0621. The van der Waals surface area contributed by atoms with Crippen molar-refractivity contribution < 1.29 is 23.1 Å². The van der Waals surface area contributed by atoms with Gasteiger partial charge < -0.3 is 18.3 Å². The molecule has 0 N–H and O–H groups in total. The lowest BCUT2D eigenvalue weighted by molar-refractivity contribution is -0.149. The lowest BCUT2D eigenvalue weighted by Gasteiger charge is -2.43. The first kappa shape index (κ1) is 33.3. The van der Waals surface area contributed by atoms with Crippen LogP contribution in [0.1, 0.15) is 58.2 Å². The standard InChI is InChI=1S/C36H50O5Si2/c1-34(2,3)42(7,8)40-31-30(39-33(37)32(31)41-43(9,10)35(4,5)6)26-38-36(27-20-14-11-15-21-27,28-22-16-12-17-23-28)29-24-18-13-19-25-29/h11-25,30-32H,26H2,1-10H3/t30-,31-,32+/m0/s1. The molecule has 0 spiro atoms. The van der Waals surface area contributed by atoms with Gasteiger partial charge in [-0.15, -0.1) is 0 Å². The van der Waals surface area contributed by atoms with Crippen LogP contribution in [-0.2, 0) is 28.7 Å². The molecule has 1 fully saturated rings. The molecule has 3 atom stereocenters. The van der Waals surface area contributed by atoms with Gasteiger partial charge in [0.15, 0.2) is 28.8 Å². The molecular formula is C36H50O5Si2. The van der Waals surface area contributed by atoms with E-state index in [0.29, 0.717) is 0 Å². The maximum Gasteiger partial charge on any atom is 0.337 e. The van der Waals surface area contributed by atoms with Gasteiger partial charge in [-0.1, -0.05) is 133 Å². The molecule has 4 rings (SSSR count). The van der Waals surface area contributed by atoms with Gasteiger partial charge in [0, 0.05) is 0 Å². The molecule has 7 heteroatoms. The van der Waals surface area contributed by atoms with Gasteiger partial charge in [-0.3, -0.25) is 0 Å². The van der Waals surface area contributed by atoms with Crippen LogP contribution in [0, 0.1) is 0 Å². The highest BCUT2D eigenvalue weighted by Gasteiger charge is 2.55. The minimum Gasteiger partial charge on any atom is -0.455 e. The van der Waals surface area contributed by atoms with Gasteiger partial charge in [-0.25, -0.2) is 4.79 Å². The molecule has 0 aliphatic carbocycles. The number of carbonyl (C=O) groups excluding carboxylic acids is 1. The topological polar surface area (TPSA) is 54.0 Å². The third-order valence-corrected chi connectivity index (χ3v) is 18.6. The van der Waals surface area contributed by atoms with Crippen molar-refractivity contribution in [1.29, 1.82) is 0 Å². The van der Waals surface area contributed by atoms with Crippen LogP contribution >= 0.6 is 0 Å². The zero-order valence-electron chi connectivity index (χ0n) is 27.6. The van der Waals surface area contributed by atoms with E-state index in [4.69, 9.17) is 18.3 Å². The number of cyclic esters (lactones) is 1. The smallest absolute Gasteiger partial charge is 0.337 e. The fourth-order valence-corrected chi connectivity index (χ4v) is 7.51. The Bertz CT molecular complexity index is 1250. The summed E-state index contributed by atoms with van der Waals surface area (Å²) >= 11 is 0. The van der Waals surface area contributed by atoms with Gasteiger partial charge in [0.25, 0.3) is 0 Å². The molecular weight excluding hydrogens is 569 g/mol. The van der Waals surface area contributed by atoms with Crippen molar-refractivity contribution in [3.05, 3.63) is 108 Å². The first-order valence-electron chi connectivity index (χ1n) is 15.4. The summed E-state index contributed by atoms with van der Waals surface area (Å²) in [5, 5.41) is -0.139. The molecule has 5 nitrogen and oxygen atoms in total. The number of benzene rings is 3. The Morgan fingerprint density at radius 3 is 1.37 bits per heavy atom. The summed E-state index contributed by atoms with van der Waals surface area (Å²) < 4.78 is 27.0. The van der Waals surface area contributed by atoms with Crippen molar-refractivity contribution in [1.82, 2.24) is 0 Å². The van der Waals surface area contributed by atoms with E-state index >= 15 is 0 Å². The van der Waals surface area contributed by atoms with Crippen LogP contribution in [0.15, 0.2) is 91.0 Å². The molecule has 0 amide bonds. The maximum absolute atomic E-state index is 13.6. The predicted molar refractivity (Wildman–Crippen MR) is 179 cm³/mol. The highest BCUT2D eigenvalue weighted by atomic mass is 28.4. The summed E-state index contributed by atoms with van der Waals surface area (Å²) in [4.78, 5) is 13.6. The van der Waals surface area contributed by atoms with E-state index in [-0.39, 0.29) is 22.7 Å². The van der Waals surface area contributed by atoms with E-state index in [2.05, 4.69) is 104 Å². The Hall–Kier alpha value is -2.56. The number of hydrogen-bond acceptors (Lipinski definition) is 5. The van der Waals surface area contributed by atoms with Crippen LogP contribution in [-0.4, -0.2) is 47.5 Å². The van der Waals surface area contributed by atoms with Crippen molar-refractivity contribution >= 4 is 22.6 Å². The molecule has 232 valence electrons. The van der Waals surface area contributed by atoms with Gasteiger partial charge in [-0.05, 0) is 53.0 Å². The summed E-state index contributed by atoms with van der Waals surface area (Å²) in [6.45, 7) is 22.0. The fourth-order valence-electron chi connectivity index (χ4n) is 4.98. The monoisotopic (exact) mass is 618 g/mol. The van der Waals surface area contributed by atoms with Crippen molar-refractivity contribution in [3.8, 4) is 0 Å². The Labute approximate surface area is 261 Å². The first-order chi connectivity index (χ1) is 20.0. The average molecular weight is 619 g/mol. The van der Waals surface area contributed by atoms with Gasteiger partial charge in [-0.2, -0.15) is 0 Å². The third kappa shape index (κ3) is 6.91. The Balaban J connectivity index is 1.79. The molecule has 1 heterocycles. The molecule has 1 aliphatic heterocycles. The predicted octanol–water partition coefficient (Wildman–Crippen LogP) is 8.70. The third-order valence-electron chi connectivity index (χ3n) is 9.63. The number of carbonyl (C=O) groups is 1. The number of esters is 1. The molecule has 0 aromatic heterocycles. The first-order valence-corrected chi connectivity index (χ1v) is 21.2. The zero-order chi connectivity index (χ0) is 31.7. The average Bonchev–Trinajstić information content (AvgIpc) is 3.22. The van der Waals surface area contributed by atoms with Gasteiger partial charge in [0.05, 0.1) is 6.61 Å². The van der Waals surface area contributed by atoms with Gasteiger partial charge >= 0.3 is 5.97 Å². The van der Waals surface area contributed by atoms with E-state index < -0.39 is 40.5 Å². The molecule has 0 bridgehead atoms. The van der Waals surface area contributed by atoms with Crippen LogP contribution in [0.25, 0.3) is 0 Å². The van der Waals surface area contributed by atoms with Crippen molar-refractivity contribution in [2.24, 2.45) is 0 Å². The number of hydrogen-bond donors (Lipinski definition) is 0. The van der Waals surface area contributed by atoms with Gasteiger partial charge in [0.1, 0.15) is 11.7 Å². The van der Waals surface area contributed by atoms with Crippen LogP contribution < -0.4 is 0 Å². The molecule has 3 aromatic carbocycles. The largest absolute Gasteiger partial charge is 0.455 e. The lowest BCUT2D eigenvalue weighted by Crippen LogP contribution is -2.54. The quantitative estimate of drug-likeness (QED) is 0.129. The van der Waals surface area contributed by atoms with Crippen molar-refractivity contribution in [3.63, 3.8) is 0 Å². The normalized spacial score (nSPS) is 20.2. The van der Waals surface area contributed by atoms with Crippen LogP contribution in [0.2, 0.25) is 36.3 Å². The van der Waals surface area contributed by atoms with Crippen molar-refractivity contribution in [2.45, 2.75) is 102 Å². The summed E-state index contributed by atoms with van der Waals surface area (Å²) in [7, 11) is -4.65. The molecule has 0 radical (unpaired) electrons. The van der Waals surface area contributed by atoms with Gasteiger partial charge in [0.2, 0.25) is 0 Å². The Morgan fingerprint density at radius 2 is 1.00 bits per heavy atom. The van der Waals surface area contributed by atoms with E-state index in [9.17, 15) is 4.79 Å².